The molecule has 1 heterocycles. The van der Waals surface area contributed by atoms with Crippen molar-refractivity contribution in [1.29, 1.82) is 0 Å². The van der Waals surface area contributed by atoms with Crippen molar-refractivity contribution in [2.75, 3.05) is 20.2 Å². The lowest BCUT2D eigenvalue weighted by Gasteiger charge is -2.17. The lowest BCUT2D eigenvalue weighted by Crippen LogP contribution is -2.22. The standard InChI is InChI=1S/C13H21N3OS/c1-16(8-3-2-4-9-17)10-11-6-5-7-15-12(11)13(14)18/h5-7,17H,2-4,8-10H2,1H3,(H2,14,18). The summed E-state index contributed by atoms with van der Waals surface area (Å²) in [6.07, 6.45) is 4.72. The molecule has 4 nitrogen and oxygen atoms in total. The van der Waals surface area contributed by atoms with Crippen molar-refractivity contribution in [1.82, 2.24) is 9.88 Å². The summed E-state index contributed by atoms with van der Waals surface area (Å²) in [7, 11) is 2.06. The largest absolute Gasteiger partial charge is 0.396 e. The highest BCUT2D eigenvalue weighted by Crippen LogP contribution is 2.09. The summed E-state index contributed by atoms with van der Waals surface area (Å²) in [5.41, 5.74) is 7.43. The third-order valence-electron chi connectivity index (χ3n) is 2.76. The average Bonchev–Trinajstić information content (AvgIpc) is 2.35. The van der Waals surface area contributed by atoms with Crippen LogP contribution in [0.5, 0.6) is 0 Å². The third kappa shape index (κ3) is 5.08. The lowest BCUT2D eigenvalue weighted by molar-refractivity contribution is 0.271. The maximum Gasteiger partial charge on any atom is 0.123 e. The SMILES string of the molecule is CN(CCCCCO)Cc1cccnc1C(N)=S. The highest BCUT2D eigenvalue weighted by atomic mass is 32.1. The number of hydrogen-bond donors (Lipinski definition) is 2. The van der Waals surface area contributed by atoms with Crippen molar-refractivity contribution in [3.8, 4) is 0 Å². The molecule has 0 saturated carbocycles. The van der Waals surface area contributed by atoms with Crippen molar-refractivity contribution in [3.63, 3.8) is 0 Å². The zero-order chi connectivity index (χ0) is 13.4. The minimum Gasteiger partial charge on any atom is -0.396 e. The molecule has 0 amide bonds. The van der Waals surface area contributed by atoms with Crippen LogP contribution in [0.4, 0.5) is 0 Å². The zero-order valence-electron chi connectivity index (χ0n) is 10.8. The molecule has 0 atom stereocenters. The van der Waals surface area contributed by atoms with E-state index in [1.54, 1.807) is 6.20 Å². The van der Waals surface area contributed by atoms with E-state index >= 15 is 0 Å². The van der Waals surface area contributed by atoms with E-state index in [1.807, 2.05) is 12.1 Å². The fourth-order valence-corrected chi connectivity index (χ4v) is 2.01. The van der Waals surface area contributed by atoms with Gasteiger partial charge in [0.2, 0.25) is 0 Å². The highest BCUT2D eigenvalue weighted by Gasteiger charge is 2.08. The number of hydrogen-bond acceptors (Lipinski definition) is 4. The van der Waals surface area contributed by atoms with Gasteiger partial charge in [-0.15, -0.1) is 0 Å². The van der Waals surface area contributed by atoms with Crippen molar-refractivity contribution >= 4 is 17.2 Å². The number of unbranched alkanes of at least 4 members (excludes halogenated alkanes) is 2. The lowest BCUT2D eigenvalue weighted by atomic mass is 10.1. The van der Waals surface area contributed by atoms with Gasteiger partial charge in [0.05, 0.1) is 0 Å². The Balaban J connectivity index is 2.48. The van der Waals surface area contributed by atoms with Gasteiger partial charge >= 0.3 is 0 Å². The molecule has 5 heteroatoms. The van der Waals surface area contributed by atoms with Crippen molar-refractivity contribution in [2.24, 2.45) is 5.73 Å². The molecular weight excluding hydrogens is 246 g/mol. The van der Waals surface area contributed by atoms with E-state index in [0.717, 1.165) is 43.6 Å². The molecule has 3 N–H and O–H groups in total. The van der Waals surface area contributed by atoms with E-state index in [0.29, 0.717) is 4.99 Å². The molecule has 18 heavy (non-hydrogen) atoms. The van der Waals surface area contributed by atoms with Crippen LogP contribution in [-0.2, 0) is 6.54 Å². The second-order valence-corrected chi connectivity index (χ2v) is 4.84. The first-order valence-corrected chi connectivity index (χ1v) is 6.59. The number of rotatable bonds is 8. The monoisotopic (exact) mass is 267 g/mol. The van der Waals surface area contributed by atoms with Crippen LogP contribution >= 0.6 is 12.2 Å². The van der Waals surface area contributed by atoms with Crippen LogP contribution in [-0.4, -0.2) is 40.2 Å². The topological polar surface area (TPSA) is 62.4 Å². The molecule has 0 unspecified atom stereocenters. The maximum atomic E-state index is 8.71. The van der Waals surface area contributed by atoms with Crippen molar-refractivity contribution < 1.29 is 5.11 Å². The van der Waals surface area contributed by atoms with Gasteiger partial charge in [-0.1, -0.05) is 18.3 Å². The van der Waals surface area contributed by atoms with Crippen LogP contribution in [0.25, 0.3) is 0 Å². The van der Waals surface area contributed by atoms with Gasteiger partial charge in [-0.25, -0.2) is 0 Å². The number of aromatic nitrogens is 1. The quantitative estimate of drug-likeness (QED) is 0.549. The molecule has 1 aromatic heterocycles. The molecular formula is C13H21N3OS. The van der Waals surface area contributed by atoms with Crippen LogP contribution < -0.4 is 5.73 Å². The molecule has 0 aliphatic rings. The predicted molar refractivity (Wildman–Crippen MR) is 77.4 cm³/mol. The van der Waals surface area contributed by atoms with Gasteiger partial charge in [0, 0.05) is 19.3 Å². The summed E-state index contributed by atoms with van der Waals surface area (Å²) in [5, 5.41) is 8.71. The Bertz CT molecular complexity index is 384. The molecule has 0 saturated heterocycles. The molecule has 1 rings (SSSR count). The van der Waals surface area contributed by atoms with Gasteiger partial charge in [0.15, 0.2) is 0 Å². The first kappa shape index (κ1) is 15.0. The van der Waals surface area contributed by atoms with Gasteiger partial charge in [0.25, 0.3) is 0 Å². The summed E-state index contributed by atoms with van der Waals surface area (Å²) >= 11 is 4.99. The van der Waals surface area contributed by atoms with Crippen molar-refractivity contribution in [3.05, 3.63) is 29.6 Å². The summed E-state index contributed by atoms with van der Waals surface area (Å²) in [6, 6.07) is 3.91. The smallest absolute Gasteiger partial charge is 0.123 e. The molecule has 0 aromatic carbocycles. The van der Waals surface area contributed by atoms with Crippen LogP contribution in [0, 0.1) is 0 Å². The fraction of sp³-hybridized carbons (Fsp3) is 0.538. The maximum absolute atomic E-state index is 8.71. The van der Waals surface area contributed by atoms with Crippen molar-refractivity contribution in [2.45, 2.75) is 25.8 Å². The molecule has 0 fully saturated rings. The fourth-order valence-electron chi connectivity index (χ4n) is 1.83. The second-order valence-electron chi connectivity index (χ2n) is 4.40. The molecule has 0 aliphatic heterocycles. The van der Waals surface area contributed by atoms with Crippen LogP contribution in [0.3, 0.4) is 0 Å². The first-order valence-electron chi connectivity index (χ1n) is 6.18. The molecule has 0 bridgehead atoms. The van der Waals surface area contributed by atoms with Crippen LogP contribution in [0.2, 0.25) is 0 Å². The Hall–Kier alpha value is -1.04. The van der Waals surface area contributed by atoms with Gasteiger partial charge in [0.1, 0.15) is 10.7 Å². The van der Waals surface area contributed by atoms with Gasteiger partial charge in [-0.2, -0.15) is 0 Å². The van der Waals surface area contributed by atoms with E-state index in [4.69, 9.17) is 23.1 Å². The highest BCUT2D eigenvalue weighted by molar-refractivity contribution is 7.80. The van der Waals surface area contributed by atoms with E-state index in [2.05, 4.69) is 16.9 Å². The van der Waals surface area contributed by atoms with Gasteiger partial charge < -0.3 is 15.7 Å². The zero-order valence-corrected chi connectivity index (χ0v) is 11.6. The van der Waals surface area contributed by atoms with E-state index in [1.165, 1.54) is 0 Å². The van der Waals surface area contributed by atoms with Gasteiger partial charge in [-0.3, -0.25) is 4.98 Å². The van der Waals surface area contributed by atoms with E-state index < -0.39 is 0 Å². The Morgan fingerprint density at radius 1 is 1.44 bits per heavy atom. The number of pyridine rings is 1. The summed E-state index contributed by atoms with van der Waals surface area (Å²) < 4.78 is 0. The predicted octanol–water partition coefficient (Wildman–Crippen LogP) is 1.31. The molecule has 1 aromatic rings. The minimum atomic E-state index is 0.276. The number of thiocarbonyl (C=S) groups is 1. The Labute approximate surface area is 114 Å². The molecule has 100 valence electrons. The summed E-state index contributed by atoms with van der Waals surface area (Å²) in [6.45, 7) is 2.06. The third-order valence-corrected chi connectivity index (χ3v) is 2.96. The number of nitrogens with two attached hydrogens (primary N) is 1. The number of aliphatic hydroxyl groups is 1. The van der Waals surface area contributed by atoms with Crippen LogP contribution in [0.1, 0.15) is 30.5 Å². The minimum absolute atomic E-state index is 0.276. The number of aliphatic hydroxyl groups excluding tert-OH is 1. The summed E-state index contributed by atoms with van der Waals surface area (Å²) in [4.78, 5) is 6.78. The van der Waals surface area contributed by atoms with Crippen LogP contribution in [0.15, 0.2) is 18.3 Å². The molecule has 0 spiro atoms. The Kier molecular flexibility index (Phi) is 6.78. The first-order chi connectivity index (χ1) is 8.65. The molecule has 0 aliphatic carbocycles. The van der Waals surface area contributed by atoms with Gasteiger partial charge in [-0.05, 0) is 44.5 Å². The van der Waals surface area contributed by atoms with E-state index in [9.17, 15) is 0 Å². The second kappa shape index (κ2) is 8.13. The summed E-state index contributed by atoms with van der Waals surface area (Å²) in [5.74, 6) is 0. The number of nitrogens with zero attached hydrogens (tertiary/aromatic N) is 2. The normalized spacial score (nSPS) is 10.8. The average molecular weight is 267 g/mol. The van der Waals surface area contributed by atoms with E-state index in [-0.39, 0.29) is 6.61 Å². The molecule has 0 radical (unpaired) electrons. The Morgan fingerprint density at radius 2 is 2.22 bits per heavy atom. The Morgan fingerprint density at radius 3 is 2.89 bits per heavy atom.